The Hall–Kier alpha value is -1.30. The van der Waals surface area contributed by atoms with Crippen LogP contribution >= 0.6 is 0 Å². The lowest BCUT2D eigenvalue weighted by Gasteiger charge is -2.03. The molecule has 0 nitrogen and oxygen atoms in total. The number of fused-ring (bicyclic) bond motifs is 1. The average Bonchev–Trinajstić information content (AvgIpc) is 2.76. The molecule has 0 unspecified atom stereocenters. The zero-order valence-corrected chi connectivity index (χ0v) is 14.3. The Bertz CT molecular complexity index is 485. The van der Waals surface area contributed by atoms with Crippen LogP contribution in [0.3, 0.4) is 0 Å². The van der Waals surface area contributed by atoms with Crippen LogP contribution in [0.5, 0.6) is 0 Å². The van der Waals surface area contributed by atoms with E-state index >= 15 is 0 Å². The zero-order chi connectivity index (χ0) is 15.5. The Labute approximate surface area is 137 Å². The molecule has 2 aliphatic rings. The Morgan fingerprint density at radius 1 is 0.591 bits per heavy atom. The minimum Gasteiger partial charge on any atom is -0.0654 e. The molecule has 0 heterocycles. The summed E-state index contributed by atoms with van der Waals surface area (Å²) in [6.45, 7) is 2.29. The first-order valence-corrected chi connectivity index (χ1v) is 9.38. The molecule has 0 aromatic rings. The highest BCUT2D eigenvalue weighted by atomic mass is 14.1. The maximum Gasteiger partial charge on any atom is -0.0152 e. The second-order valence-electron chi connectivity index (χ2n) is 6.57. The second kappa shape index (κ2) is 10.4. The number of rotatable bonds is 11. The van der Waals surface area contributed by atoms with Crippen molar-refractivity contribution in [1.82, 2.24) is 0 Å². The molecule has 2 rings (SSSR count). The average molecular weight is 296 g/mol. The van der Waals surface area contributed by atoms with Gasteiger partial charge in [0.2, 0.25) is 0 Å². The van der Waals surface area contributed by atoms with Crippen LogP contribution in [-0.2, 0) is 6.42 Å². The van der Waals surface area contributed by atoms with Crippen molar-refractivity contribution in [2.45, 2.75) is 77.6 Å². The first-order valence-electron chi connectivity index (χ1n) is 9.38. The highest BCUT2D eigenvalue weighted by Crippen LogP contribution is 2.28. The van der Waals surface area contributed by atoms with E-state index in [1.54, 1.807) is 0 Å². The van der Waals surface area contributed by atoms with E-state index in [0.717, 1.165) is 0 Å². The Morgan fingerprint density at radius 3 is 1.95 bits per heavy atom. The summed E-state index contributed by atoms with van der Waals surface area (Å²) in [6, 6.07) is 15.5. The van der Waals surface area contributed by atoms with Gasteiger partial charge in [-0.2, -0.15) is 0 Å². The molecular weight excluding hydrogens is 264 g/mol. The van der Waals surface area contributed by atoms with Gasteiger partial charge in [0.25, 0.3) is 0 Å². The third-order valence-corrected chi connectivity index (χ3v) is 4.68. The first-order chi connectivity index (χ1) is 10.9. The topological polar surface area (TPSA) is 0 Å². The third-order valence-electron chi connectivity index (χ3n) is 4.68. The predicted octanol–water partition coefficient (Wildman–Crippen LogP) is 7.25. The quantitative estimate of drug-likeness (QED) is 0.383. The summed E-state index contributed by atoms with van der Waals surface area (Å²) < 4.78 is 0. The maximum absolute atomic E-state index is 2.32. The van der Waals surface area contributed by atoms with Gasteiger partial charge in [-0.05, 0) is 29.5 Å². The van der Waals surface area contributed by atoms with Crippen molar-refractivity contribution in [2.75, 3.05) is 0 Å². The van der Waals surface area contributed by atoms with Gasteiger partial charge in [-0.15, -0.1) is 0 Å². The van der Waals surface area contributed by atoms with Gasteiger partial charge >= 0.3 is 0 Å². The van der Waals surface area contributed by atoms with E-state index < -0.39 is 0 Å². The Kier molecular flexibility index (Phi) is 8.09. The standard InChI is InChI=1S/C22H32/c1-2-3-4-5-6-7-8-9-10-12-15-20-18-19-21-16-13-11-14-17-22(20)21/h11,13-14,16-19H,2-10,12,15H2,1H3. The van der Waals surface area contributed by atoms with Crippen molar-refractivity contribution < 1.29 is 0 Å². The Balaban J connectivity index is 1.56. The van der Waals surface area contributed by atoms with Gasteiger partial charge in [0.1, 0.15) is 0 Å². The molecule has 0 saturated carbocycles. The number of hydrogen-bond acceptors (Lipinski definition) is 0. The summed E-state index contributed by atoms with van der Waals surface area (Å²) in [4.78, 5) is 0. The molecule has 0 saturated heterocycles. The number of unbranched alkanes of at least 4 members (excludes halogenated alkanes) is 9. The van der Waals surface area contributed by atoms with Crippen molar-refractivity contribution >= 4 is 0 Å². The summed E-state index contributed by atoms with van der Waals surface area (Å²) in [5.41, 5.74) is 4.36. The largest absolute Gasteiger partial charge is 0.0654 e. The lowest BCUT2D eigenvalue weighted by Crippen LogP contribution is -1.86. The van der Waals surface area contributed by atoms with Gasteiger partial charge < -0.3 is 0 Å². The van der Waals surface area contributed by atoms with Crippen LogP contribution < -0.4 is 0 Å². The molecule has 0 amide bonds. The van der Waals surface area contributed by atoms with E-state index in [9.17, 15) is 0 Å². The van der Waals surface area contributed by atoms with E-state index in [4.69, 9.17) is 0 Å². The van der Waals surface area contributed by atoms with Gasteiger partial charge in [0.15, 0.2) is 0 Å². The molecule has 0 aliphatic heterocycles. The number of hydrogen-bond donors (Lipinski definition) is 0. The fourth-order valence-corrected chi connectivity index (χ4v) is 3.30. The van der Waals surface area contributed by atoms with Crippen molar-refractivity contribution in [3.63, 3.8) is 0 Å². The minimum atomic E-state index is 1.24. The van der Waals surface area contributed by atoms with E-state index in [-0.39, 0.29) is 0 Å². The lowest BCUT2D eigenvalue weighted by atomic mass is 10.0. The summed E-state index contributed by atoms with van der Waals surface area (Å²) in [5, 5.41) is 0. The monoisotopic (exact) mass is 296 g/mol. The molecule has 0 bridgehead atoms. The van der Waals surface area contributed by atoms with Gasteiger partial charge in [-0.3, -0.25) is 0 Å². The predicted molar refractivity (Wildman–Crippen MR) is 98.6 cm³/mol. The molecule has 0 spiro atoms. The minimum absolute atomic E-state index is 1.24. The van der Waals surface area contributed by atoms with Crippen molar-refractivity contribution in [1.29, 1.82) is 0 Å². The summed E-state index contributed by atoms with van der Waals surface area (Å²) >= 11 is 0. The normalized spacial score (nSPS) is 11.1. The van der Waals surface area contributed by atoms with E-state index in [1.807, 2.05) is 0 Å². The molecule has 0 aromatic heterocycles. The Morgan fingerprint density at radius 2 is 1.23 bits per heavy atom. The van der Waals surface area contributed by atoms with Crippen molar-refractivity contribution in [2.24, 2.45) is 0 Å². The van der Waals surface area contributed by atoms with E-state index in [1.165, 1.54) is 87.3 Å². The lowest BCUT2D eigenvalue weighted by molar-refractivity contribution is 0.556. The maximum atomic E-state index is 2.32. The summed E-state index contributed by atoms with van der Waals surface area (Å²) in [5.74, 6) is 0. The molecular formula is C22H32. The molecule has 120 valence electrons. The first kappa shape index (κ1) is 17.1. The highest BCUT2D eigenvalue weighted by molar-refractivity contribution is 5.70. The smallest absolute Gasteiger partial charge is 0.0152 e. The van der Waals surface area contributed by atoms with Crippen LogP contribution in [0.15, 0.2) is 42.5 Å². The van der Waals surface area contributed by atoms with Crippen LogP contribution in [0.25, 0.3) is 11.1 Å². The van der Waals surface area contributed by atoms with Crippen LogP contribution in [-0.4, -0.2) is 0 Å². The van der Waals surface area contributed by atoms with Crippen molar-refractivity contribution in [3.05, 3.63) is 48.0 Å². The van der Waals surface area contributed by atoms with Crippen LogP contribution in [0.4, 0.5) is 0 Å². The molecule has 2 aliphatic carbocycles. The van der Waals surface area contributed by atoms with E-state index in [2.05, 4.69) is 49.4 Å². The van der Waals surface area contributed by atoms with Crippen LogP contribution in [0.1, 0.15) is 76.7 Å². The van der Waals surface area contributed by atoms with Gasteiger partial charge in [-0.25, -0.2) is 0 Å². The number of aryl methyl sites for hydroxylation is 1. The van der Waals surface area contributed by atoms with Crippen LogP contribution in [0.2, 0.25) is 0 Å². The fourth-order valence-electron chi connectivity index (χ4n) is 3.30. The molecule has 0 heteroatoms. The van der Waals surface area contributed by atoms with Crippen molar-refractivity contribution in [3.8, 4) is 11.1 Å². The molecule has 0 radical (unpaired) electrons. The molecule has 0 fully saturated rings. The fraction of sp³-hybridized carbons (Fsp3) is 0.545. The molecule has 22 heavy (non-hydrogen) atoms. The third kappa shape index (κ3) is 5.83. The van der Waals surface area contributed by atoms with Gasteiger partial charge in [-0.1, -0.05) is 107 Å². The highest BCUT2D eigenvalue weighted by Gasteiger charge is 2.06. The molecule has 0 N–H and O–H groups in total. The van der Waals surface area contributed by atoms with Gasteiger partial charge in [0, 0.05) is 0 Å². The van der Waals surface area contributed by atoms with E-state index in [0.29, 0.717) is 0 Å². The van der Waals surface area contributed by atoms with Gasteiger partial charge in [0.05, 0.1) is 0 Å². The zero-order valence-electron chi connectivity index (χ0n) is 14.3. The molecule has 0 atom stereocenters. The SMILES string of the molecule is CCCCCCCCCCCCc1ccc2cccccc1-2. The summed E-state index contributed by atoms with van der Waals surface area (Å²) in [7, 11) is 0. The summed E-state index contributed by atoms with van der Waals surface area (Å²) in [6.07, 6.45) is 15.4. The second-order valence-corrected chi connectivity index (χ2v) is 6.57. The molecule has 0 aromatic carbocycles. The van der Waals surface area contributed by atoms with Crippen LogP contribution in [0, 0.1) is 0 Å².